The summed E-state index contributed by atoms with van der Waals surface area (Å²) in [4.78, 5) is 37.1. The lowest BCUT2D eigenvalue weighted by Gasteiger charge is -2.22. The molecule has 0 aromatic rings. The van der Waals surface area contributed by atoms with Gasteiger partial charge < -0.3 is 9.64 Å². The Hall–Kier alpha value is -1.65. The van der Waals surface area contributed by atoms with Gasteiger partial charge in [-0.2, -0.15) is 0 Å². The Morgan fingerprint density at radius 3 is 2.54 bits per heavy atom. The summed E-state index contributed by atoms with van der Waals surface area (Å²) in [6.07, 6.45) is 12.9. The summed E-state index contributed by atoms with van der Waals surface area (Å²) in [6.45, 7) is 5.11. The lowest BCUT2D eigenvalue weighted by molar-refractivity contribution is -0.143. The summed E-state index contributed by atoms with van der Waals surface area (Å²) < 4.78 is 4.91. The highest BCUT2D eigenvalue weighted by Crippen LogP contribution is 2.21. The van der Waals surface area contributed by atoms with Gasteiger partial charge in [0.05, 0.1) is 12.6 Å². The van der Waals surface area contributed by atoms with Crippen LogP contribution in [0.1, 0.15) is 84.5 Å². The minimum Gasteiger partial charge on any atom is -0.466 e. The average molecular weight is 366 g/mol. The maximum atomic E-state index is 12.1. The zero-order chi connectivity index (χ0) is 19.2. The Morgan fingerprint density at radius 2 is 1.81 bits per heavy atom. The van der Waals surface area contributed by atoms with Crippen LogP contribution in [-0.4, -0.2) is 41.8 Å². The molecule has 1 rings (SSSR count). The fraction of sp³-hybridized carbons (Fsp3) is 0.762. The van der Waals surface area contributed by atoms with Gasteiger partial charge in [-0.25, -0.2) is 0 Å². The molecule has 0 saturated carbocycles. The molecule has 1 amide bonds. The van der Waals surface area contributed by atoms with E-state index in [4.69, 9.17) is 4.74 Å². The van der Waals surface area contributed by atoms with Crippen molar-refractivity contribution < 1.29 is 19.1 Å². The number of rotatable bonds is 14. The van der Waals surface area contributed by atoms with Crippen LogP contribution in [0.25, 0.3) is 0 Å². The summed E-state index contributed by atoms with van der Waals surface area (Å²) >= 11 is 0. The third-order valence-corrected chi connectivity index (χ3v) is 4.74. The number of hydrogen-bond donors (Lipinski definition) is 0. The van der Waals surface area contributed by atoms with Crippen LogP contribution in [0.5, 0.6) is 0 Å². The molecule has 1 fully saturated rings. The highest BCUT2D eigenvalue weighted by Gasteiger charge is 2.28. The summed E-state index contributed by atoms with van der Waals surface area (Å²) in [5.41, 5.74) is 0. The van der Waals surface area contributed by atoms with Crippen molar-refractivity contribution in [2.45, 2.75) is 90.5 Å². The SMILES string of the molecule is CCCCCC(=O)/C=C/C1CCC(=O)N1CCCCCCC(=O)OCC. The predicted molar refractivity (Wildman–Crippen MR) is 103 cm³/mol. The summed E-state index contributed by atoms with van der Waals surface area (Å²) in [5.74, 6) is 0.220. The molecule has 0 N–H and O–H groups in total. The van der Waals surface area contributed by atoms with Crippen LogP contribution in [-0.2, 0) is 19.1 Å². The molecular formula is C21H35NO4. The number of likely N-dealkylation sites (tertiary alicyclic amines) is 1. The maximum absolute atomic E-state index is 12.1. The number of ether oxygens (including phenoxy) is 1. The molecule has 0 aromatic carbocycles. The van der Waals surface area contributed by atoms with Gasteiger partial charge >= 0.3 is 5.97 Å². The van der Waals surface area contributed by atoms with Crippen LogP contribution in [0.15, 0.2) is 12.2 Å². The van der Waals surface area contributed by atoms with Crippen LogP contribution in [0.2, 0.25) is 0 Å². The normalized spacial score (nSPS) is 17.2. The van der Waals surface area contributed by atoms with E-state index in [-0.39, 0.29) is 23.7 Å². The van der Waals surface area contributed by atoms with Gasteiger partial charge in [-0.3, -0.25) is 14.4 Å². The standard InChI is InChI=1S/C21H35NO4/c1-3-5-8-11-19(23)15-13-18-14-16-20(24)22(18)17-10-7-6-9-12-21(25)26-4-2/h13,15,18H,3-12,14,16-17H2,1-2H3/b15-13+. The summed E-state index contributed by atoms with van der Waals surface area (Å²) in [7, 11) is 0. The summed E-state index contributed by atoms with van der Waals surface area (Å²) in [6, 6.07) is 0.0668. The van der Waals surface area contributed by atoms with Crippen LogP contribution in [0.3, 0.4) is 0 Å². The predicted octanol–water partition coefficient (Wildman–Crippen LogP) is 4.20. The van der Waals surface area contributed by atoms with E-state index in [2.05, 4.69) is 6.92 Å². The second kappa shape index (κ2) is 13.5. The van der Waals surface area contributed by atoms with E-state index in [0.29, 0.717) is 25.9 Å². The smallest absolute Gasteiger partial charge is 0.305 e. The number of hydrogen-bond acceptors (Lipinski definition) is 4. The van der Waals surface area contributed by atoms with Gasteiger partial charge in [0.2, 0.25) is 5.91 Å². The van der Waals surface area contributed by atoms with Gasteiger partial charge in [-0.15, -0.1) is 0 Å². The van der Waals surface area contributed by atoms with E-state index in [0.717, 1.165) is 57.9 Å². The fourth-order valence-electron chi connectivity index (χ4n) is 3.24. The topological polar surface area (TPSA) is 63.7 Å². The number of allylic oxidation sites excluding steroid dienone is 1. The van der Waals surface area contributed by atoms with Crippen molar-refractivity contribution in [2.75, 3.05) is 13.2 Å². The number of amides is 1. The monoisotopic (exact) mass is 365 g/mol. The zero-order valence-electron chi connectivity index (χ0n) is 16.5. The minimum absolute atomic E-state index is 0.0668. The Morgan fingerprint density at radius 1 is 1.08 bits per heavy atom. The van der Waals surface area contributed by atoms with E-state index >= 15 is 0 Å². The Labute approximate surface area is 158 Å². The molecule has 1 saturated heterocycles. The van der Waals surface area contributed by atoms with Crippen molar-refractivity contribution >= 4 is 17.7 Å². The lowest BCUT2D eigenvalue weighted by Crippen LogP contribution is -2.32. The van der Waals surface area contributed by atoms with E-state index < -0.39 is 0 Å². The molecular weight excluding hydrogens is 330 g/mol. The molecule has 0 spiro atoms. The van der Waals surface area contributed by atoms with E-state index in [1.807, 2.05) is 17.9 Å². The number of ketones is 1. The molecule has 1 unspecified atom stereocenters. The number of carbonyl (C=O) groups excluding carboxylic acids is 3. The lowest BCUT2D eigenvalue weighted by atomic mass is 10.1. The molecule has 26 heavy (non-hydrogen) atoms. The summed E-state index contributed by atoms with van der Waals surface area (Å²) in [5, 5.41) is 0. The fourth-order valence-corrected chi connectivity index (χ4v) is 3.24. The van der Waals surface area contributed by atoms with Gasteiger partial charge in [-0.1, -0.05) is 38.7 Å². The number of unbranched alkanes of at least 4 members (excludes halogenated alkanes) is 5. The van der Waals surface area contributed by atoms with Crippen LogP contribution >= 0.6 is 0 Å². The number of esters is 1. The van der Waals surface area contributed by atoms with Crippen molar-refractivity contribution in [1.29, 1.82) is 0 Å². The highest BCUT2D eigenvalue weighted by molar-refractivity contribution is 5.90. The van der Waals surface area contributed by atoms with Crippen molar-refractivity contribution in [2.24, 2.45) is 0 Å². The van der Waals surface area contributed by atoms with Gasteiger partial charge in [0.15, 0.2) is 5.78 Å². The van der Waals surface area contributed by atoms with Crippen molar-refractivity contribution in [3.05, 3.63) is 12.2 Å². The first kappa shape index (κ1) is 22.4. The highest BCUT2D eigenvalue weighted by atomic mass is 16.5. The second-order valence-corrected chi connectivity index (χ2v) is 6.94. The molecule has 1 heterocycles. The Balaban J connectivity index is 2.25. The third-order valence-electron chi connectivity index (χ3n) is 4.74. The van der Waals surface area contributed by atoms with Gasteiger partial charge in [-0.05, 0) is 38.7 Å². The molecule has 1 aliphatic heterocycles. The number of nitrogens with zero attached hydrogens (tertiary/aromatic N) is 1. The quantitative estimate of drug-likeness (QED) is 0.263. The first-order valence-corrected chi connectivity index (χ1v) is 10.2. The van der Waals surface area contributed by atoms with Gasteiger partial charge in [0, 0.05) is 25.8 Å². The van der Waals surface area contributed by atoms with E-state index in [1.54, 1.807) is 6.08 Å². The largest absolute Gasteiger partial charge is 0.466 e. The van der Waals surface area contributed by atoms with Crippen LogP contribution < -0.4 is 0 Å². The van der Waals surface area contributed by atoms with E-state index in [1.165, 1.54) is 0 Å². The molecule has 1 atom stereocenters. The second-order valence-electron chi connectivity index (χ2n) is 6.94. The molecule has 5 nitrogen and oxygen atoms in total. The molecule has 0 radical (unpaired) electrons. The van der Waals surface area contributed by atoms with Gasteiger partial charge in [0.25, 0.3) is 0 Å². The molecule has 0 bridgehead atoms. The molecule has 0 aliphatic carbocycles. The molecule has 5 heteroatoms. The third kappa shape index (κ3) is 9.16. The van der Waals surface area contributed by atoms with Crippen molar-refractivity contribution in [1.82, 2.24) is 4.90 Å². The molecule has 1 aliphatic rings. The van der Waals surface area contributed by atoms with Crippen molar-refractivity contribution in [3.63, 3.8) is 0 Å². The Kier molecular flexibility index (Phi) is 11.7. The minimum atomic E-state index is -0.129. The Bertz CT molecular complexity index is 473. The number of carbonyl (C=O) groups is 3. The molecule has 0 aromatic heterocycles. The first-order chi connectivity index (χ1) is 12.6. The van der Waals surface area contributed by atoms with Crippen molar-refractivity contribution in [3.8, 4) is 0 Å². The van der Waals surface area contributed by atoms with E-state index in [9.17, 15) is 14.4 Å². The zero-order valence-corrected chi connectivity index (χ0v) is 16.5. The van der Waals surface area contributed by atoms with Crippen LogP contribution in [0.4, 0.5) is 0 Å². The maximum Gasteiger partial charge on any atom is 0.305 e. The van der Waals surface area contributed by atoms with Crippen LogP contribution in [0, 0.1) is 0 Å². The average Bonchev–Trinajstić information content (AvgIpc) is 2.96. The first-order valence-electron chi connectivity index (χ1n) is 10.2. The van der Waals surface area contributed by atoms with Gasteiger partial charge in [0.1, 0.15) is 0 Å². The molecule has 148 valence electrons.